The molecular weight excluding hydrogens is 351 g/mol. The number of amidine groups is 1. The molecule has 2 heterocycles. The minimum Gasteiger partial charge on any atom is -0.383 e. The van der Waals surface area contributed by atoms with Gasteiger partial charge in [0.15, 0.2) is 0 Å². The van der Waals surface area contributed by atoms with Crippen molar-refractivity contribution < 1.29 is 14.1 Å². The summed E-state index contributed by atoms with van der Waals surface area (Å²) in [5.74, 6) is 0.559. The summed E-state index contributed by atoms with van der Waals surface area (Å²) in [4.78, 5) is 19.7. The molecule has 0 amide bonds. The summed E-state index contributed by atoms with van der Waals surface area (Å²) in [7, 11) is 1.60. The fraction of sp³-hybridized carbons (Fsp3) is 0.526. The maximum absolute atomic E-state index is 13.1. The minimum atomic E-state index is -0.365. The molecule has 1 aromatic rings. The van der Waals surface area contributed by atoms with Crippen molar-refractivity contribution in [2.24, 2.45) is 4.99 Å². The Balaban J connectivity index is 1.69. The Morgan fingerprint density at radius 1 is 1.30 bits per heavy atom. The average molecular weight is 376 g/mol. The van der Waals surface area contributed by atoms with E-state index < -0.39 is 0 Å². The molecule has 1 fully saturated rings. The summed E-state index contributed by atoms with van der Waals surface area (Å²) in [5, 5.41) is 11.6. The molecule has 1 saturated heterocycles. The molecule has 0 N–H and O–H groups in total. The molecular formula is C19H25FN4O3. The van der Waals surface area contributed by atoms with Gasteiger partial charge in [-0.15, -0.1) is 0 Å². The molecule has 1 atom stereocenters. The second-order valence-electron chi connectivity index (χ2n) is 6.90. The van der Waals surface area contributed by atoms with Crippen molar-refractivity contribution in [1.82, 2.24) is 9.80 Å². The number of benzene rings is 1. The molecule has 8 heteroatoms. The van der Waals surface area contributed by atoms with Crippen LogP contribution < -0.4 is 0 Å². The number of hydrogen-bond acceptors (Lipinski definition) is 6. The standard InChI is InChI=1S/C19H25FN4O3/c1-14-21-19(18(24(25)26)13-23(14)11-12-27-2)22-9-7-16(8-10-22)15-3-5-17(20)6-4-15/h3-6,13-14,16H,7-12H2,1-2H3. The third kappa shape index (κ3) is 4.44. The third-order valence-corrected chi connectivity index (χ3v) is 5.19. The number of ether oxygens (including phenoxy) is 1. The van der Waals surface area contributed by atoms with Crippen molar-refractivity contribution >= 4 is 5.84 Å². The summed E-state index contributed by atoms with van der Waals surface area (Å²) < 4.78 is 18.2. The van der Waals surface area contributed by atoms with Gasteiger partial charge in [0.1, 0.15) is 12.0 Å². The maximum atomic E-state index is 13.1. The van der Waals surface area contributed by atoms with E-state index in [0.717, 1.165) is 18.4 Å². The summed E-state index contributed by atoms with van der Waals surface area (Å²) in [6.45, 7) is 4.35. The van der Waals surface area contributed by atoms with Gasteiger partial charge in [-0.2, -0.15) is 0 Å². The van der Waals surface area contributed by atoms with Crippen LogP contribution in [-0.2, 0) is 4.74 Å². The molecule has 2 aliphatic heterocycles. The van der Waals surface area contributed by atoms with Gasteiger partial charge in [-0.05, 0) is 43.4 Å². The smallest absolute Gasteiger partial charge is 0.326 e. The van der Waals surface area contributed by atoms with Crippen LogP contribution in [0.2, 0.25) is 0 Å². The van der Waals surface area contributed by atoms with E-state index in [-0.39, 0.29) is 22.6 Å². The molecule has 0 bridgehead atoms. The molecule has 0 aromatic heterocycles. The van der Waals surface area contributed by atoms with Crippen LogP contribution in [-0.4, -0.2) is 60.1 Å². The molecule has 27 heavy (non-hydrogen) atoms. The van der Waals surface area contributed by atoms with Crippen molar-refractivity contribution in [2.45, 2.75) is 31.8 Å². The van der Waals surface area contributed by atoms with Crippen LogP contribution in [0.1, 0.15) is 31.2 Å². The lowest BCUT2D eigenvalue weighted by Crippen LogP contribution is -2.45. The first-order valence-corrected chi connectivity index (χ1v) is 9.19. The van der Waals surface area contributed by atoms with Crippen LogP contribution >= 0.6 is 0 Å². The van der Waals surface area contributed by atoms with Gasteiger partial charge in [0, 0.05) is 26.7 Å². The minimum absolute atomic E-state index is 0.0319. The topological polar surface area (TPSA) is 71.2 Å². The molecule has 146 valence electrons. The maximum Gasteiger partial charge on any atom is 0.326 e. The van der Waals surface area contributed by atoms with Gasteiger partial charge < -0.3 is 14.5 Å². The predicted octanol–water partition coefficient (Wildman–Crippen LogP) is 2.83. The molecule has 7 nitrogen and oxygen atoms in total. The Kier molecular flexibility index (Phi) is 6.05. The number of nitrogens with zero attached hydrogens (tertiary/aromatic N) is 4. The van der Waals surface area contributed by atoms with Gasteiger partial charge in [0.2, 0.25) is 5.84 Å². The Bertz CT molecular complexity index is 727. The largest absolute Gasteiger partial charge is 0.383 e. The molecule has 0 saturated carbocycles. The summed E-state index contributed by atoms with van der Waals surface area (Å²) >= 11 is 0. The summed E-state index contributed by atoms with van der Waals surface area (Å²) in [6, 6.07) is 6.62. The van der Waals surface area contributed by atoms with Gasteiger partial charge in [-0.25, -0.2) is 9.38 Å². The Morgan fingerprint density at radius 3 is 2.56 bits per heavy atom. The van der Waals surface area contributed by atoms with E-state index >= 15 is 0 Å². The molecule has 0 spiro atoms. The highest BCUT2D eigenvalue weighted by Gasteiger charge is 2.34. The lowest BCUT2D eigenvalue weighted by atomic mass is 9.89. The van der Waals surface area contributed by atoms with Gasteiger partial charge in [-0.3, -0.25) is 10.1 Å². The molecule has 1 aromatic carbocycles. The van der Waals surface area contributed by atoms with Gasteiger partial charge in [0.25, 0.3) is 0 Å². The van der Waals surface area contributed by atoms with Crippen molar-refractivity contribution in [3.63, 3.8) is 0 Å². The van der Waals surface area contributed by atoms with E-state index in [2.05, 4.69) is 4.99 Å². The second kappa shape index (κ2) is 8.47. The molecule has 2 aliphatic rings. The van der Waals surface area contributed by atoms with Gasteiger partial charge >= 0.3 is 5.70 Å². The fourth-order valence-electron chi connectivity index (χ4n) is 3.62. The van der Waals surface area contributed by atoms with Crippen LogP contribution in [0.5, 0.6) is 0 Å². The van der Waals surface area contributed by atoms with Crippen LogP contribution in [0.15, 0.2) is 41.2 Å². The molecule has 1 unspecified atom stereocenters. The molecule has 3 rings (SSSR count). The first-order valence-electron chi connectivity index (χ1n) is 9.19. The lowest BCUT2D eigenvalue weighted by Gasteiger charge is -2.36. The van der Waals surface area contributed by atoms with E-state index in [1.54, 1.807) is 13.3 Å². The van der Waals surface area contributed by atoms with E-state index in [0.29, 0.717) is 38.0 Å². The fourth-order valence-corrected chi connectivity index (χ4v) is 3.62. The first kappa shape index (κ1) is 19.3. The Morgan fingerprint density at radius 2 is 1.96 bits per heavy atom. The number of piperidine rings is 1. The monoisotopic (exact) mass is 376 g/mol. The number of likely N-dealkylation sites (tertiary alicyclic amines) is 1. The Labute approximate surface area is 158 Å². The number of nitro groups is 1. The molecule has 0 radical (unpaired) electrons. The number of rotatable bonds is 5. The highest BCUT2D eigenvalue weighted by Crippen LogP contribution is 2.30. The summed E-state index contributed by atoms with van der Waals surface area (Å²) in [6.07, 6.45) is 3.13. The van der Waals surface area contributed by atoms with E-state index in [1.165, 1.54) is 12.1 Å². The Hall–Kier alpha value is -2.48. The van der Waals surface area contributed by atoms with E-state index in [4.69, 9.17) is 4.74 Å². The lowest BCUT2D eigenvalue weighted by molar-refractivity contribution is -0.417. The van der Waals surface area contributed by atoms with Crippen molar-refractivity contribution in [2.75, 3.05) is 33.4 Å². The third-order valence-electron chi connectivity index (χ3n) is 5.19. The highest BCUT2D eigenvalue weighted by atomic mass is 19.1. The van der Waals surface area contributed by atoms with Crippen LogP contribution in [0.3, 0.4) is 0 Å². The number of hydrogen-bond donors (Lipinski definition) is 0. The van der Waals surface area contributed by atoms with Crippen LogP contribution in [0, 0.1) is 15.9 Å². The van der Waals surface area contributed by atoms with E-state index in [1.807, 2.05) is 28.9 Å². The number of methoxy groups -OCH3 is 1. The first-order chi connectivity index (χ1) is 13.0. The second-order valence-corrected chi connectivity index (χ2v) is 6.90. The van der Waals surface area contributed by atoms with Crippen molar-refractivity contribution in [3.8, 4) is 0 Å². The highest BCUT2D eigenvalue weighted by molar-refractivity contribution is 5.96. The zero-order valence-electron chi connectivity index (χ0n) is 15.7. The zero-order chi connectivity index (χ0) is 19.4. The molecule has 0 aliphatic carbocycles. The van der Waals surface area contributed by atoms with Gasteiger partial charge in [0.05, 0.1) is 17.7 Å². The normalized spacial score (nSPS) is 21.1. The van der Waals surface area contributed by atoms with Crippen LogP contribution in [0.4, 0.5) is 4.39 Å². The van der Waals surface area contributed by atoms with Crippen LogP contribution in [0.25, 0.3) is 0 Å². The average Bonchev–Trinajstić information content (AvgIpc) is 2.67. The number of aliphatic imine (C=N–C) groups is 1. The SMILES string of the molecule is COCCN1C=C([N+](=O)[O-])C(N2CCC(c3ccc(F)cc3)CC2)=NC1C. The van der Waals surface area contributed by atoms with Gasteiger partial charge in [-0.1, -0.05) is 12.1 Å². The predicted molar refractivity (Wildman–Crippen MR) is 101 cm³/mol. The van der Waals surface area contributed by atoms with Crippen molar-refractivity contribution in [3.05, 3.63) is 57.7 Å². The zero-order valence-corrected chi connectivity index (χ0v) is 15.7. The quantitative estimate of drug-likeness (QED) is 0.584. The van der Waals surface area contributed by atoms with E-state index in [9.17, 15) is 14.5 Å². The number of halogens is 1. The van der Waals surface area contributed by atoms with Crippen molar-refractivity contribution in [1.29, 1.82) is 0 Å². The summed E-state index contributed by atoms with van der Waals surface area (Å²) in [5.41, 5.74) is 1.15.